The minimum Gasteiger partial charge on any atom is -0.349 e. The van der Waals surface area contributed by atoms with Gasteiger partial charge in [-0.25, -0.2) is 0 Å². The average Bonchev–Trinajstić information content (AvgIpc) is 3.08. The third-order valence-electron chi connectivity index (χ3n) is 3.98. The number of nitrogens with zero attached hydrogens (tertiary/aromatic N) is 5. The summed E-state index contributed by atoms with van der Waals surface area (Å²) in [5.41, 5.74) is 2.28. The van der Waals surface area contributed by atoms with Crippen LogP contribution in [0.25, 0.3) is 0 Å². The first-order valence-electron chi connectivity index (χ1n) is 7.83. The second-order valence-corrected chi connectivity index (χ2v) is 5.66. The molecule has 9 nitrogen and oxygen atoms in total. The Morgan fingerprint density at radius 2 is 2.17 bits per heavy atom. The van der Waals surface area contributed by atoms with Gasteiger partial charge in [0.25, 0.3) is 0 Å². The van der Waals surface area contributed by atoms with Gasteiger partial charge in [-0.05, 0) is 27.7 Å². The lowest BCUT2D eigenvalue weighted by Crippen LogP contribution is -2.27. The van der Waals surface area contributed by atoms with E-state index in [0.717, 1.165) is 17.8 Å². The van der Waals surface area contributed by atoms with Gasteiger partial charge in [-0.1, -0.05) is 0 Å². The molecule has 0 aliphatic rings. The molecule has 9 heteroatoms. The molecule has 0 bridgehead atoms. The van der Waals surface area contributed by atoms with E-state index in [9.17, 15) is 14.9 Å². The van der Waals surface area contributed by atoms with Crippen molar-refractivity contribution in [3.63, 3.8) is 0 Å². The quantitative estimate of drug-likeness (QED) is 0.614. The fourth-order valence-electron chi connectivity index (χ4n) is 2.56. The molecule has 0 spiro atoms. The molecule has 0 aromatic carbocycles. The molecule has 2 heterocycles. The molecule has 1 atom stereocenters. The summed E-state index contributed by atoms with van der Waals surface area (Å²) in [6.45, 7) is 8.52. The first kappa shape index (κ1) is 17.6. The number of aromatic nitrogens is 4. The van der Waals surface area contributed by atoms with Crippen LogP contribution in [0.2, 0.25) is 0 Å². The molecule has 0 saturated carbocycles. The van der Waals surface area contributed by atoms with E-state index in [4.69, 9.17) is 0 Å². The SMILES string of the molecule is CCn1cc(C(C)NC(=O)CCn2ncc([N+](=O)[O-])c2C)c(C)n1. The van der Waals surface area contributed by atoms with Crippen molar-refractivity contribution in [2.45, 2.75) is 53.2 Å². The highest BCUT2D eigenvalue weighted by atomic mass is 16.6. The standard InChI is InChI=1S/C15H22N6O3/c1-5-19-9-13(11(3)18-19)10(2)17-15(22)6-7-20-12(4)14(8-16-20)21(23)24/h8-10H,5-7H2,1-4H3,(H,17,22). The van der Waals surface area contributed by atoms with Crippen molar-refractivity contribution < 1.29 is 9.72 Å². The maximum Gasteiger partial charge on any atom is 0.309 e. The van der Waals surface area contributed by atoms with Gasteiger partial charge in [0.1, 0.15) is 11.9 Å². The average molecular weight is 334 g/mol. The van der Waals surface area contributed by atoms with E-state index in [1.54, 1.807) is 6.92 Å². The highest BCUT2D eigenvalue weighted by molar-refractivity contribution is 5.76. The zero-order valence-corrected chi connectivity index (χ0v) is 14.3. The van der Waals surface area contributed by atoms with Gasteiger partial charge in [0.05, 0.1) is 23.2 Å². The summed E-state index contributed by atoms with van der Waals surface area (Å²) in [4.78, 5) is 22.4. The van der Waals surface area contributed by atoms with Gasteiger partial charge in [-0.15, -0.1) is 0 Å². The zero-order chi connectivity index (χ0) is 17.9. The molecule has 0 radical (unpaired) electrons. The van der Waals surface area contributed by atoms with Crippen LogP contribution >= 0.6 is 0 Å². The predicted octanol–water partition coefficient (Wildman–Crippen LogP) is 1.89. The van der Waals surface area contributed by atoms with Crippen LogP contribution in [0.1, 0.15) is 43.3 Å². The van der Waals surface area contributed by atoms with Crippen LogP contribution in [0.5, 0.6) is 0 Å². The molecular formula is C15H22N6O3. The molecule has 1 unspecified atom stereocenters. The fourth-order valence-corrected chi connectivity index (χ4v) is 2.56. The molecule has 0 saturated heterocycles. The molecule has 1 amide bonds. The summed E-state index contributed by atoms with van der Waals surface area (Å²) in [5.74, 6) is -0.135. The van der Waals surface area contributed by atoms with Crippen molar-refractivity contribution >= 4 is 11.6 Å². The molecule has 0 fully saturated rings. The zero-order valence-electron chi connectivity index (χ0n) is 14.3. The maximum atomic E-state index is 12.1. The lowest BCUT2D eigenvalue weighted by Gasteiger charge is -2.13. The fraction of sp³-hybridized carbons (Fsp3) is 0.533. The van der Waals surface area contributed by atoms with Gasteiger partial charge >= 0.3 is 5.69 Å². The van der Waals surface area contributed by atoms with E-state index in [1.807, 2.05) is 31.6 Å². The molecule has 24 heavy (non-hydrogen) atoms. The Morgan fingerprint density at radius 3 is 2.71 bits per heavy atom. The maximum absolute atomic E-state index is 12.1. The Kier molecular flexibility index (Phi) is 5.32. The Hall–Kier alpha value is -2.71. The monoisotopic (exact) mass is 334 g/mol. The smallest absolute Gasteiger partial charge is 0.309 e. The van der Waals surface area contributed by atoms with Crippen molar-refractivity contribution in [3.8, 4) is 0 Å². The van der Waals surface area contributed by atoms with E-state index in [-0.39, 0.29) is 24.1 Å². The van der Waals surface area contributed by atoms with Crippen molar-refractivity contribution in [3.05, 3.63) is 39.5 Å². The van der Waals surface area contributed by atoms with Crippen molar-refractivity contribution in [1.82, 2.24) is 24.9 Å². The first-order valence-corrected chi connectivity index (χ1v) is 7.83. The summed E-state index contributed by atoms with van der Waals surface area (Å²) in [6.07, 6.45) is 3.34. The van der Waals surface area contributed by atoms with Gasteiger partial charge in [0.15, 0.2) is 0 Å². The molecule has 0 aliphatic heterocycles. The highest BCUT2D eigenvalue weighted by Crippen LogP contribution is 2.18. The number of nitrogens with one attached hydrogen (secondary N) is 1. The molecule has 2 aromatic heterocycles. The summed E-state index contributed by atoms with van der Waals surface area (Å²) in [5, 5.41) is 22.1. The highest BCUT2D eigenvalue weighted by Gasteiger charge is 2.18. The molecule has 2 rings (SSSR count). The predicted molar refractivity (Wildman–Crippen MR) is 87.4 cm³/mol. The third-order valence-corrected chi connectivity index (χ3v) is 3.98. The van der Waals surface area contributed by atoms with Crippen LogP contribution in [0.15, 0.2) is 12.4 Å². The van der Waals surface area contributed by atoms with Gasteiger partial charge < -0.3 is 5.32 Å². The van der Waals surface area contributed by atoms with Crippen LogP contribution in [-0.4, -0.2) is 30.4 Å². The minimum atomic E-state index is -0.477. The topological polar surface area (TPSA) is 108 Å². The van der Waals surface area contributed by atoms with Gasteiger partial charge in [0, 0.05) is 24.7 Å². The number of carbonyl (C=O) groups is 1. The van der Waals surface area contributed by atoms with Crippen LogP contribution in [0, 0.1) is 24.0 Å². The minimum absolute atomic E-state index is 0.0358. The van der Waals surface area contributed by atoms with E-state index < -0.39 is 4.92 Å². The van der Waals surface area contributed by atoms with Crippen LogP contribution < -0.4 is 5.32 Å². The van der Waals surface area contributed by atoms with Crippen molar-refractivity contribution in [1.29, 1.82) is 0 Å². The van der Waals surface area contributed by atoms with E-state index >= 15 is 0 Å². The Balaban J connectivity index is 1.93. The summed E-state index contributed by atoms with van der Waals surface area (Å²) < 4.78 is 3.31. The lowest BCUT2D eigenvalue weighted by molar-refractivity contribution is -0.385. The summed E-state index contributed by atoms with van der Waals surface area (Å²) in [6, 6.07) is -0.147. The van der Waals surface area contributed by atoms with Gasteiger partial charge in [0.2, 0.25) is 5.91 Å². The molecule has 0 aliphatic carbocycles. The third kappa shape index (κ3) is 3.79. The van der Waals surface area contributed by atoms with Crippen molar-refractivity contribution in [2.24, 2.45) is 0 Å². The second kappa shape index (κ2) is 7.24. The normalized spacial score (nSPS) is 12.2. The van der Waals surface area contributed by atoms with E-state index in [0.29, 0.717) is 12.2 Å². The van der Waals surface area contributed by atoms with Crippen LogP contribution in [0.4, 0.5) is 5.69 Å². The second-order valence-electron chi connectivity index (χ2n) is 5.66. The van der Waals surface area contributed by atoms with Crippen LogP contribution in [-0.2, 0) is 17.9 Å². The van der Waals surface area contributed by atoms with Gasteiger partial charge in [-0.2, -0.15) is 10.2 Å². The molecule has 2 aromatic rings. The van der Waals surface area contributed by atoms with E-state index in [2.05, 4.69) is 15.5 Å². The number of hydrogen-bond acceptors (Lipinski definition) is 5. The number of carbonyl (C=O) groups excluding carboxylic acids is 1. The number of amides is 1. The van der Waals surface area contributed by atoms with Crippen molar-refractivity contribution in [2.75, 3.05) is 0 Å². The summed E-state index contributed by atoms with van der Waals surface area (Å²) in [7, 11) is 0. The van der Waals surface area contributed by atoms with Gasteiger partial charge in [-0.3, -0.25) is 24.3 Å². The van der Waals surface area contributed by atoms with Crippen LogP contribution in [0.3, 0.4) is 0 Å². The number of rotatable bonds is 7. The molecular weight excluding hydrogens is 312 g/mol. The number of aryl methyl sites for hydroxylation is 3. The Labute approximate surface area is 139 Å². The summed E-state index contributed by atoms with van der Waals surface area (Å²) >= 11 is 0. The number of hydrogen-bond donors (Lipinski definition) is 1. The number of nitro groups is 1. The van der Waals surface area contributed by atoms with E-state index in [1.165, 1.54) is 10.9 Å². The largest absolute Gasteiger partial charge is 0.349 e. The Morgan fingerprint density at radius 1 is 1.46 bits per heavy atom. The molecule has 1 N–H and O–H groups in total. The first-order chi connectivity index (χ1) is 11.3. The lowest BCUT2D eigenvalue weighted by atomic mass is 10.1. The Bertz CT molecular complexity index is 748. The molecule has 130 valence electrons.